The SMILES string of the molecule is O=C(Cc1cc(=O)[nH]c(SCC(=O)Nc2ccc(Cl)c(Cl)c2)n1)NCc1ccccc1. The van der Waals surface area contributed by atoms with Gasteiger partial charge in [0.15, 0.2) is 5.16 Å². The van der Waals surface area contributed by atoms with Crippen LogP contribution in [0.5, 0.6) is 0 Å². The lowest BCUT2D eigenvalue weighted by atomic mass is 10.2. The number of anilines is 1. The summed E-state index contributed by atoms with van der Waals surface area (Å²) < 4.78 is 0. The maximum absolute atomic E-state index is 12.2. The lowest BCUT2D eigenvalue weighted by Gasteiger charge is -2.07. The standard InChI is InChI=1S/C21H18Cl2N4O3S/c22-16-7-6-14(8-17(16)23)25-20(30)12-31-21-26-15(10-19(29)27-21)9-18(28)24-11-13-4-2-1-3-5-13/h1-8,10H,9,11-12H2,(H,24,28)(H,25,30)(H,26,27,29). The Hall–Kier alpha value is -2.81. The number of nitrogens with zero attached hydrogens (tertiary/aromatic N) is 1. The van der Waals surface area contributed by atoms with Crippen molar-refractivity contribution in [2.24, 2.45) is 0 Å². The number of carbonyl (C=O) groups is 2. The molecular formula is C21H18Cl2N4O3S. The Morgan fingerprint density at radius 2 is 1.77 bits per heavy atom. The fraction of sp³-hybridized carbons (Fsp3) is 0.143. The lowest BCUT2D eigenvalue weighted by Crippen LogP contribution is -2.26. The molecule has 1 aromatic heterocycles. The van der Waals surface area contributed by atoms with Gasteiger partial charge in [0.25, 0.3) is 5.56 Å². The van der Waals surface area contributed by atoms with Crippen molar-refractivity contribution in [3.05, 3.63) is 86.3 Å². The third kappa shape index (κ3) is 7.43. The molecule has 0 bridgehead atoms. The molecule has 2 amide bonds. The van der Waals surface area contributed by atoms with Gasteiger partial charge in [-0.3, -0.25) is 14.4 Å². The van der Waals surface area contributed by atoms with E-state index >= 15 is 0 Å². The summed E-state index contributed by atoms with van der Waals surface area (Å²) in [6.07, 6.45) is -0.0419. The number of aromatic amines is 1. The van der Waals surface area contributed by atoms with Crippen LogP contribution in [0.3, 0.4) is 0 Å². The van der Waals surface area contributed by atoms with Gasteiger partial charge in [-0.25, -0.2) is 4.98 Å². The van der Waals surface area contributed by atoms with E-state index in [9.17, 15) is 14.4 Å². The molecule has 0 fully saturated rings. The zero-order chi connectivity index (χ0) is 22.2. The molecule has 3 rings (SSSR count). The second-order valence-electron chi connectivity index (χ2n) is 6.45. The first-order chi connectivity index (χ1) is 14.9. The number of carbonyl (C=O) groups excluding carboxylic acids is 2. The van der Waals surface area contributed by atoms with E-state index in [1.807, 2.05) is 30.3 Å². The number of hydrogen-bond donors (Lipinski definition) is 3. The van der Waals surface area contributed by atoms with Gasteiger partial charge in [-0.1, -0.05) is 65.3 Å². The molecule has 0 aliphatic heterocycles. The third-order valence-corrected chi connectivity index (χ3v) is 5.60. The van der Waals surface area contributed by atoms with Gasteiger partial charge in [0.05, 0.1) is 27.9 Å². The maximum atomic E-state index is 12.2. The molecule has 0 saturated carbocycles. The van der Waals surface area contributed by atoms with Gasteiger partial charge < -0.3 is 15.6 Å². The van der Waals surface area contributed by atoms with Crippen LogP contribution in [0, 0.1) is 0 Å². The summed E-state index contributed by atoms with van der Waals surface area (Å²) in [6, 6.07) is 15.5. The van der Waals surface area contributed by atoms with Crippen molar-refractivity contribution in [3.63, 3.8) is 0 Å². The van der Waals surface area contributed by atoms with Crippen LogP contribution in [0.4, 0.5) is 5.69 Å². The molecule has 0 saturated heterocycles. The van der Waals surface area contributed by atoms with Crippen LogP contribution < -0.4 is 16.2 Å². The molecule has 31 heavy (non-hydrogen) atoms. The number of halogens is 2. The highest BCUT2D eigenvalue weighted by Gasteiger charge is 2.10. The summed E-state index contributed by atoms with van der Waals surface area (Å²) in [7, 11) is 0. The summed E-state index contributed by atoms with van der Waals surface area (Å²) in [6.45, 7) is 0.388. The summed E-state index contributed by atoms with van der Waals surface area (Å²) >= 11 is 12.8. The smallest absolute Gasteiger partial charge is 0.251 e. The molecule has 3 N–H and O–H groups in total. The van der Waals surface area contributed by atoms with Crippen LogP contribution in [-0.2, 0) is 22.6 Å². The molecule has 10 heteroatoms. The molecule has 1 heterocycles. The van der Waals surface area contributed by atoms with Gasteiger partial charge in [0, 0.05) is 18.3 Å². The molecule has 160 valence electrons. The fourth-order valence-electron chi connectivity index (χ4n) is 2.57. The van der Waals surface area contributed by atoms with Crippen molar-refractivity contribution in [2.45, 2.75) is 18.1 Å². The molecule has 0 radical (unpaired) electrons. The van der Waals surface area contributed by atoms with E-state index in [0.29, 0.717) is 28.0 Å². The number of hydrogen-bond acceptors (Lipinski definition) is 5. The van der Waals surface area contributed by atoms with Gasteiger partial charge >= 0.3 is 0 Å². The predicted molar refractivity (Wildman–Crippen MR) is 123 cm³/mol. The molecule has 0 aliphatic carbocycles. The molecule has 3 aromatic rings. The molecule has 0 atom stereocenters. The number of benzene rings is 2. The van der Waals surface area contributed by atoms with Crippen molar-refractivity contribution < 1.29 is 9.59 Å². The maximum Gasteiger partial charge on any atom is 0.251 e. The van der Waals surface area contributed by atoms with Crippen LogP contribution in [0.15, 0.2) is 64.5 Å². The zero-order valence-electron chi connectivity index (χ0n) is 16.2. The van der Waals surface area contributed by atoms with Crippen molar-refractivity contribution in [1.82, 2.24) is 15.3 Å². The highest BCUT2D eigenvalue weighted by atomic mass is 35.5. The molecule has 0 aliphatic rings. The number of rotatable bonds is 8. The average Bonchev–Trinajstić information content (AvgIpc) is 2.74. The van der Waals surface area contributed by atoms with E-state index in [0.717, 1.165) is 17.3 Å². The second kappa shape index (κ2) is 11.0. The van der Waals surface area contributed by atoms with Crippen molar-refractivity contribution >= 4 is 52.5 Å². The zero-order valence-corrected chi connectivity index (χ0v) is 18.5. The Bertz CT molecular complexity index is 1140. The average molecular weight is 477 g/mol. The molecule has 7 nitrogen and oxygen atoms in total. The van der Waals surface area contributed by atoms with E-state index in [1.165, 1.54) is 6.07 Å². The third-order valence-electron chi connectivity index (χ3n) is 3.99. The number of nitrogens with one attached hydrogen (secondary N) is 3. The molecule has 0 spiro atoms. The highest BCUT2D eigenvalue weighted by molar-refractivity contribution is 7.99. The van der Waals surface area contributed by atoms with Crippen molar-refractivity contribution in [1.29, 1.82) is 0 Å². The van der Waals surface area contributed by atoms with Gasteiger partial charge in [-0.15, -0.1) is 0 Å². The summed E-state index contributed by atoms with van der Waals surface area (Å²) in [5.41, 5.74) is 1.40. The molecular weight excluding hydrogens is 459 g/mol. The quantitative estimate of drug-likeness (QED) is 0.339. The summed E-state index contributed by atoms with van der Waals surface area (Å²) in [5, 5.41) is 6.45. The second-order valence-corrected chi connectivity index (χ2v) is 8.23. The minimum atomic E-state index is -0.395. The van der Waals surface area contributed by atoms with Gasteiger partial charge in [-0.2, -0.15) is 0 Å². The monoisotopic (exact) mass is 476 g/mol. The van der Waals surface area contributed by atoms with Crippen LogP contribution in [0.2, 0.25) is 10.0 Å². The van der Waals surface area contributed by atoms with E-state index in [1.54, 1.807) is 18.2 Å². The summed E-state index contributed by atoms with van der Waals surface area (Å²) in [4.78, 5) is 43.1. The van der Waals surface area contributed by atoms with Crippen LogP contribution in [0.1, 0.15) is 11.3 Å². The highest BCUT2D eigenvalue weighted by Crippen LogP contribution is 2.25. The fourth-order valence-corrected chi connectivity index (χ4v) is 3.56. The number of H-pyrrole nitrogens is 1. The van der Waals surface area contributed by atoms with Crippen LogP contribution >= 0.6 is 35.0 Å². The van der Waals surface area contributed by atoms with Gasteiger partial charge in [-0.05, 0) is 23.8 Å². The van der Waals surface area contributed by atoms with Crippen LogP contribution in [0.25, 0.3) is 0 Å². The molecule has 0 unspecified atom stereocenters. The van der Waals surface area contributed by atoms with E-state index < -0.39 is 5.56 Å². The van der Waals surface area contributed by atoms with E-state index in [-0.39, 0.29) is 29.1 Å². The normalized spacial score (nSPS) is 10.5. The first-order valence-electron chi connectivity index (χ1n) is 9.17. The predicted octanol–water partition coefficient (Wildman–Crippen LogP) is 3.67. The molecule has 2 aromatic carbocycles. The Morgan fingerprint density at radius 3 is 2.52 bits per heavy atom. The number of thioether (sulfide) groups is 1. The van der Waals surface area contributed by atoms with Gasteiger partial charge in [0.1, 0.15) is 0 Å². The van der Waals surface area contributed by atoms with E-state index in [2.05, 4.69) is 20.6 Å². The topological polar surface area (TPSA) is 104 Å². The first kappa shape index (κ1) is 22.9. The summed E-state index contributed by atoms with van der Waals surface area (Å²) in [5.74, 6) is -0.556. The Balaban J connectivity index is 1.53. The number of aromatic nitrogens is 2. The van der Waals surface area contributed by atoms with E-state index in [4.69, 9.17) is 23.2 Å². The Labute approximate surface area is 192 Å². The first-order valence-corrected chi connectivity index (χ1v) is 10.9. The minimum absolute atomic E-state index is 0.00679. The lowest BCUT2D eigenvalue weighted by molar-refractivity contribution is -0.120. The Kier molecular flexibility index (Phi) is 8.11. The largest absolute Gasteiger partial charge is 0.352 e. The van der Waals surface area contributed by atoms with Crippen molar-refractivity contribution in [2.75, 3.05) is 11.1 Å². The minimum Gasteiger partial charge on any atom is -0.352 e. The number of amides is 2. The van der Waals surface area contributed by atoms with Gasteiger partial charge in [0.2, 0.25) is 11.8 Å². The van der Waals surface area contributed by atoms with Crippen LogP contribution in [-0.4, -0.2) is 27.5 Å². The van der Waals surface area contributed by atoms with Crippen molar-refractivity contribution in [3.8, 4) is 0 Å². The Morgan fingerprint density at radius 1 is 1.00 bits per heavy atom.